The third kappa shape index (κ3) is 5.72. The second-order valence-electron chi connectivity index (χ2n) is 12.5. The highest BCUT2D eigenvalue weighted by molar-refractivity contribution is 6.04. The van der Waals surface area contributed by atoms with Crippen molar-refractivity contribution in [2.24, 2.45) is 0 Å². The van der Waals surface area contributed by atoms with Crippen molar-refractivity contribution in [3.05, 3.63) is 223 Å². The fourth-order valence-corrected chi connectivity index (χ4v) is 6.71. The molecule has 0 aliphatic heterocycles. The first-order valence-corrected chi connectivity index (χ1v) is 17.0. The summed E-state index contributed by atoms with van der Waals surface area (Å²) < 4.78 is 280. The van der Waals surface area contributed by atoms with Gasteiger partial charge in [-0.3, -0.25) is 0 Å². The van der Waals surface area contributed by atoms with Crippen LogP contribution < -0.4 is 4.90 Å². The molecular formula is C55H41N. The zero-order valence-electron chi connectivity index (χ0n) is 59.7. The molecule has 1 aliphatic rings. The van der Waals surface area contributed by atoms with Crippen molar-refractivity contribution in [2.45, 2.75) is 19.1 Å². The van der Waals surface area contributed by atoms with Gasteiger partial charge in [-0.05, 0) is 102 Å². The van der Waals surface area contributed by atoms with Crippen molar-refractivity contribution in [1.82, 2.24) is 0 Å². The summed E-state index contributed by atoms with van der Waals surface area (Å²) in [5.74, 6) is 0. The molecule has 0 saturated carbocycles. The smallest absolute Gasteiger partial charge is 0.0648 e. The Morgan fingerprint density at radius 2 is 1.16 bits per heavy atom. The lowest BCUT2D eigenvalue weighted by Gasteiger charge is -2.30. The molecule has 0 radical (unpaired) electrons. The fraction of sp³-hybridized carbons (Fsp3) is 0.0545. The first-order valence-electron chi connectivity index (χ1n) is 32.5. The maximum absolute atomic E-state index is 10.2. The van der Waals surface area contributed by atoms with Crippen molar-refractivity contribution < 1.29 is 42.5 Å². The summed E-state index contributed by atoms with van der Waals surface area (Å²) in [6.45, 7) is -7.80. The topological polar surface area (TPSA) is 3.24 Å². The highest BCUT2D eigenvalue weighted by atomic mass is 15.1. The zero-order chi connectivity index (χ0) is 64.4. The number of rotatable bonds is 7. The van der Waals surface area contributed by atoms with E-state index in [-0.39, 0.29) is 33.4 Å². The molecule has 0 atom stereocenters. The molecule has 0 fully saturated rings. The molecule has 1 aliphatic carbocycles. The Morgan fingerprint density at radius 3 is 2.05 bits per heavy atom. The van der Waals surface area contributed by atoms with E-state index >= 15 is 0 Å². The summed E-state index contributed by atoms with van der Waals surface area (Å²) >= 11 is 0. The third-order valence-electron chi connectivity index (χ3n) is 9.28. The molecule has 0 amide bonds. The fourth-order valence-electron chi connectivity index (χ4n) is 6.71. The van der Waals surface area contributed by atoms with Gasteiger partial charge in [-0.15, -0.1) is 0 Å². The first-order chi connectivity index (χ1) is 40.4. The predicted molar refractivity (Wildman–Crippen MR) is 238 cm³/mol. The minimum atomic E-state index is -3.90. The molecule has 266 valence electrons. The Hall–Kier alpha value is -6.96. The third-order valence-corrected chi connectivity index (χ3v) is 9.28. The van der Waals surface area contributed by atoms with Crippen molar-refractivity contribution in [3.63, 3.8) is 0 Å². The van der Waals surface area contributed by atoms with Crippen LogP contribution in [0.3, 0.4) is 0 Å². The Labute approximate surface area is 373 Å². The van der Waals surface area contributed by atoms with Crippen LogP contribution in [0.2, 0.25) is 0 Å². The number of hydrogen-bond donors (Lipinski definition) is 0. The summed E-state index contributed by atoms with van der Waals surface area (Å²) in [7, 11) is 0. The molecule has 0 aromatic heterocycles. The van der Waals surface area contributed by atoms with E-state index in [0.717, 1.165) is 18.2 Å². The molecule has 0 bridgehead atoms. The molecule has 1 nitrogen and oxygen atoms in total. The highest BCUT2D eigenvalue weighted by Gasteiger charge is 2.36. The maximum atomic E-state index is 10.2. The number of anilines is 3. The molecular weight excluding hydrogens is 675 g/mol. The monoisotopic (exact) mass is 747 g/mol. The molecule has 0 heterocycles. The average Bonchev–Trinajstić information content (AvgIpc) is 1.54. The van der Waals surface area contributed by atoms with E-state index < -0.39 is 231 Å². The van der Waals surface area contributed by atoms with Gasteiger partial charge in [0.1, 0.15) is 0 Å². The van der Waals surface area contributed by atoms with E-state index in [0.29, 0.717) is 4.90 Å². The van der Waals surface area contributed by atoms with Crippen LogP contribution >= 0.6 is 0 Å². The van der Waals surface area contributed by atoms with Crippen LogP contribution in [0.25, 0.3) is 66.4 Å². The van der Waals surface area contributed by atoms with Crippen LogP contribution in [0.15, 0.2) is 212 Å². The molecule has 0 saturated heterocycles. The van der Waals surface area contributed by atoms with Crippen molar-refractivity contribution >= 4 is 27.8 Å². The number of hydrogen-bond acceptors (Lipinski definition) is 1. The van der Waals surface area contributed by atoms with Crippen LogP contribution in [0.1, 0.15) is 67.3 Å². The zero-order valence-corrected chi connectivity index (χ0v) is 28.7. The summed E-state index contributed by atoms with van der Waals surface area (Å²) in [5, 5.41) is -0.924. The second kappa shape index (κ2) is 13.7. The van der Waals surface area contributed by atoms with Gasteiger partial charge in [-0.1, -0.05) is 195 Å². The van der Waals surface area contributed by atoms with E-state index in [1.807, 2.05) is 0 Å². The number of fused-ring (bicyclic) bond motifs is 4. The van der Waals surface area contributed by atoms with Crippen LogP contribution in [-0.4, -0.2) is 0 Å². The summed E-state index contributed by atoms with van der Waals surface area (Å²) in [4.78, 5) is 0.690. The van der Waals surface area contributed by atoms with Gasteiger partial charge in [0, 0.05) is 30.6 Å². The molecule has 10 rings (SSSR count). The number of benzene rings is 9. The normalized spacial score (nSPS) is 20.9. The standard InChI is InChI=1S/C55H41N/c1-55(2)51-23-13-11-22-49(51)50-36-34-45(37-52(50)55)56(53-24-14-12-20-46(53)40-17-7-4-8-18-40)44-32-29-42(30-33-44)48-35-31-41-19-9-10-21-47(41)54(48)43-27-25-39(26-28-43)38-15-5-3-6-16-38/h3-37H,1-2H3/i1D3,2D3,3D,4D,5D,6D,7D,9D,10D,11D,13D,15D,16D,17D,19D,21D,22D,23D,24D,29D,30D,31D,32D,34D,35D,36D,37D. The van der Waals surface area contributed by atoms with Crippen molar-refractivity contribution in [2.75, 3.05) is 4.90 Å². The highest BCUT2D eigenvalue weighted by Crippen LogP contribution is 2.51. The van der Waals surface area contributed by atoms with Gasteiger partial charge in [0.15, 0.2) is 0 Å². The Morgan fingerprint density at radius 1 is 0.429 bits per heavy atom. The quantitative estimate of drug-likeness (QED) is 0.157. The average molecular weight is 747 g/mol. The minimum Gasteiger partial charge on any atom is -0.310 e. The largest absolute Gasteiger partial charge is 0.310 e. The summed E-state index contributed by atoms with van der Waals surface area (Å²) in [6.07, 6.45) is 0. The molecule has 9 aromatic carbocycles. The van der Waals surface area contributed by atoms with Crippen molar-refractivity contribution in [3.8, 4) is 55.6 Å². The van der Waals surface area contributed by atoms with Gasteiger partial charge in [0.2, 0.25) is 0 Å². The Kier molecular flexibility index (Phi) is 3.50. The summed E-state index contributed by atoms with van der Waals surface area (Å²) in [5.41, 5.74) is -12.2. The van der Waals surface area contributed by atoms with Gasteiger partial charge in [0.05, 0.1) is 40.0 Å². The lowest BCUT2D eigenvalue weighted by atomic mass is 9.82. The predicted octanol–water partition coefficient (Wildman–Crippen LogP) is 15.3. The number of nitrogens with zero attached hydrogens (tertiary/aromatic N) is 1. The first kappa shape index (κ1) is 14.3. The second-order valence-corrected chi connectivity index (χ2v) is 12.5. The molecule has 1 heteroatoms. The van der Waals surface area contributed by atoms with Crippen LogP contribution in [-0.2, 0) is 5.41 Å². The molecule has 56 heavy (non-hydrogen) atoms. The number of para-hydroxylation sites is 1. The van der Waals surface area contributed by atoms with Gasteiger partial charge in [-0.25, -0.2) is 0 Å². The maximum Gasteiger partial charge on any atom is 0.0648 e. The van der Waals surface area contributed by atoms with Crippen LogP contribution in [0.4, 0.5) is 17.1 Å². The Bertz CT molecular complexity index is 4500. The Balaban J connectivity index is 1.37. The lowest BCUT2D eigenvalue weighted by molar-refractivity contribution is 0.660. The van der Waals surface area contributed by atoms with Gasteiger partial charge < -0.3 is 4.90 Å². The van der Waals surface area contributed by atoms with E-state index in [4.69, 9.17) is 28.8 Å². The van der Waals surface area contributed by atoms with Crippen molar-refractivity contribution in [1.29, 1.82) is 0 Å². The van der Waals surface area contributed by atoms with E-state index in [9.17, 15) is 13.7 Å². The van der Waals surface area contributed by atoms with E-state index in [2.05, 4.69) is 0 Å². The summed E-state index contributed by atoms with van der Waals surface area (Å²) in [6, 6.07) is -9.14. The van der Waals surface area contributed by atoms with Gasteiger partial charge >= 0.3 is 0 Å². The molecule has 0 N–H and O–H groups in total. The molecule has 9 aromatic rings. The van der Waals surface area contributed by atoms with Crippen LogP contribution in [0.5, 0.6) is 0 Å². The van der Waals surface area contributed by atoms with Gasteiger partial charge in [0.25, 0.3) is 0 Å². The SMILES string of the molecule is [2H]c1ccc(-c2cccc([2H])c2N(c2cc([2H])c(-c3c([2H])c([2H])c4c([2H])c([2H])c([2H])c([2H])c4c3-c3ccc(-c4c([2H])c([2H])c([2H])c([2H])c4[2H])cc3)c([2H])c2[2H])c2c([2H])c([2H])c3c(c2[2H])C(C([2H])([2H])[2H])(C([2H])([2H])[2H])c2c([2H])c([2H])c([2H])c([2H])c2-3)c([2H])c1[2H]. The lowest BCUT2D eigenvalue weighted by Crippen LogP contribution is -2.16. The molecule has 0 unspecified atom stereocenters. The minimum absolute atomic E-state index is 0.0549. The molecule has 0 spiro atoms. The van der Waals surface area contributed by atoms with Crippen LogP contribution in [0, 0.1) is 0 Å². The van der Waals surface area contributed by atoms with E-state index in [1.165, 1.54) is 42.5 Å². The van der Waals surface area contributed by atoms with E-state index in [1.54, 1.807) is 0 Å². The van der Waals surface area contributed by atoms with Gasteiger partial charge in [-0.2, -0.15) is 0 Å².